The molecule has 1 N–H and O–H groups in total. The quantitative estimate of drug-likeness (QED) is 0.901. The van der Waals surface area contributed by atoms with E-state index in [1.807, 2.05) is 25.1 Å². The van der Waals surface area contributed by atoms with Crippen molar-refractivity contribution in [3.05, 3.63) is 36.3 Å². The highest BCUT2D eigenvalue weighted by Crippen LogP contribution is 2.35. The molecule has 0 fully saturated rings. The van der Waals surface area contributed by atoms with E-state index < -0.39 is 0 Å². The predicted molar refractivity (Wildman–Crippen MR) is 73.1 cm³/mol. The Morgan fingerprint density at radius 1 is 1.20 bits per heavy atom. The van der Waals surface area contributed by atoms with Crippen molar-refractivity contribution in [3.63, 3.8) is 0 Å². The molecule has 0 radical (unpaired) electrons. The molecule has 104 valence electrons. The lowest BCUT2D eigenvalue weighted by Crippen LogP contribution is -2.03. The van der Waals surface area contributed by atoms with Crippen LogP contribution in [0.2, 0.25) is 0 Å². The van der Waals surface area contributed by atoms with E-state index in [0.717, 1.165) is 23.8 Å². The van der Waals surface area contributed by atoms with Gasteiger partial charge in [0, 0.05) is 12.6 Å². The molecule has 2 aromatic rings. The normalized spacial score (nSPS) is 12.2. The van der Waals surface area contributed by atoms with Crippen LogP contribution in [0.4, 0.5) is 5.82 Å². The second-order valence-corrected chi connectivity index (χ2v) is 4.23. The number of hydrogen-bond donors (Lipinski definition) is 1. The number of nitrogens with zero attached hydrogens (tertiary/aromatic N) is 2. The summed E-state index contributed by atoms with van der Waals surface area (Å²) in [6.45, 7) is 3.45. The number of ether oxygens (including phenoxy) is 3. The molecule has 0 saturated carbocycles. The van der Waals surface area contributed by atoms with E-state index in [1.54, 1.807) is 12.4 Å². The molecule has 0 amide bonds. The molecule has 3 rings (SSSR count). The van der Waals surface area contributed by atoms with Crippen molar-refractivity contribution in [2.24, 2.45) is 0 Å². The lowest BCUT2D eigenvalue weighted by atomic mass is 10.3. The molecule has 1 aliphatic heterocycles. The van der Waals surface area contributed by atoms with E-state index >= 15 is 0 Å². The highest BCUT2D eigenvalue weighted by atomic mass is 16.7. The molecular weight excluding hydrogens is 258 g/mol. The molecule has 1 aromatic carbocycles. The van der Waals surface area contributed by atoms with Gasteiger partial charge in [0.05, 0.1) is 18.1 Å². The Morgan fingerprint density at radius 2 is 2.10 bits per heavy atom. The van der Waals surface area contributed by atoms with Crippen LogP contribution in [-0.2, 0) is 6.61 Å². The zero-order valence-corrected chi connectivity index (χ0v) is 11.1. The summed E-state index contributed by atoms with van der Waals surface area (Å²) in [4.78, 5) is 8.52. The summed E-state index contributed by atoms with van der Waals surface area (Å²) in [5.74, 6) is 2.93. The number of nitrogens with one attached hydrogen (secondary N) is 1. The first-order valence-electron chi connectivity index (χ1n) is 6.42. The highest BCUT2D eigenvalue weighted by Gasteiger charge is 2.13. The number of fused-ring (bicyclic) bond motifs is 1. The summed E-state index contributed by atoms with van der Waals surface area (Å²) in [6.07, 6.45) is 3.40. The second kappa shape index (κ2) is 5.64. The SMILES string of the molecule is CCNc1cnc(COc2ccc3c(c2)OCO3)cn1. The van der Waals surface area contributed by atoms with E-state index in [0.29, 0.717) is 18.1 Å². The fourth-order valence-corrected chi connectivity index (χ4v) is 1.83. The van der Waals surface area contributed by atoms with Crippen molar-refractivity contribution in [1.82, 2.24) is 9.97 Å². The van der Waals surface area contributed by atoms with Crippen LogP contribution in [0.5, 0.6) is 17.2 Å². The third kappa shape index (κ3) is 2.74. The Balaban J connectivity index is 1.61. The number of hydrogen-bond acceptors (Lipinski definition) is 6. The minimum absolute atomic E-state index is 0.260. The summed E-state index contributed by atoms with van der Waals surface area (Å²) in [7, 11) is 0. The Morgan fingerprint density at radius 3 is 2.90 bits per heavy atom. The van der Waals surface area contributed by atoms with E-state index in [1.165, 1.54) is 0 Å². The van der Waals surface area contributed by atoms with Crippen LogP contribution in [0.15, 0.2) is 30.6 Å². The third-order valence-corrected chi connectivity index (χ3v) is 2.79. The Hall–Kier alpha value is -2.50. The molecule has 0 atom stereocenters. The first kappa shape index (κ1) is 12.5. The summed E-state index contributed by atoms with van der Waals surface area (Å²) < 4.78 is 16.2. The number of benzene rings is 1. The zero-order chi connectivity index (χ0) is 13.8. The van der Waals surface area contributed by atoms with E-state index in [9.17, 15) is 0 Å². The average molecular weight is 273 g/mol. The molecule has 0 bridgehead atoms. The van der Waals surface area contributed by atoms with Gasteiger partial charge in [0.1, 0.15) is 18.2 Å². The Labute approximate surface area is 116 Å². The van der Waals surface area contributed by atoms with Crippen LogP contribution in [0, 0.1) is 0 Å². The van der Waals surface area contributed by atoms with E-state index in [-0.39, 0.29) is 6.79 Å². The van der Waals surface area contributed by atoms with Gasteiger partial charge in [-0.2, -0.15) is 0 Å². The van der Waals surface area contributed by atoms with Gasteiger partial charge in [-0.15, -0.1) is 0 Å². The van der Waals surface area contributed by atoms with Crippen molar-refractivity contribution in [1.29, 1.82) is 0 Å². The van der Waals surface area contributed by atoms with Gasteiger partial charge in [0.2, 0.25) is 6.79 Å². The maximum Gasteiger partial charge on any atom is 0.231 e. The molecule has 0 saturated heterocycles. The van der Waals surface area contributed by atoms with Crippen LogP contribution in [0.25, 0.3) is 0 Å². The lowest BCUT2D eigenvalue weighted by molar-refractivity contribution is 0.173. The van der Waals surface area contributed by atoms with Gasteiger partial charge in [-0.25, -0.2) is 4.98 Å². The molecule has 1 aromatic heterocycles. The zero-order valence-electron chi connectivity index (χ0n) is 11.1. The van der Waals surface area contributed by atoms with Crippen LogP contribution in [-0.4, -0.2) is 23.3 Å². The average Bonchev–Trinajstić information content (AvgIpc) is 2.94. The van der Waals surface area contributed by atoms with Gasteiger partial charge in [0.25, 0.3) is 0 Å². The molecule has 6 nitrogen and oxygen atoms in total. The van der Waals surface area contributed by atoms with Crippen molar-refractivity contribution in [2.45, 2.75) is 13.5 Å². The fourth-order valence-electron chi connectivity index (χ4n) is 1.83. The first-order chi connectivity index (χ1) is 9.85. The van der Waals surface area contributed by atoms with Crippen molar-refractivity contribution in [3.8, 4) is 17.2 Å². The van der Waals surface area contributed by atoms with Crippen LogP contribution in [0.3, 0.4) is 0 Å². The van der Waals surface area contributed by atoms with Crippen LogP contribution in [0.1, 0.15) is 12.6 Å². The van der Waals surface area contributed by atoms with Crippen LogP contribution >= 0.6 is 0 Å². The summed E-state index contributed by atoms with van der Waals surface area (Å²) >= 11 is 0. The number of rotatable bonds is 5. The Kier molecular flexibility index (Phi) is 3.54. The first-order valence-corrected chi connectivity index (χ1v) is 6.42. The molecule has 6 heteroatoms. The number of aromatic nitrogens is 2. The van der Waals surface area contributed by atoms with Gasteiger partial charge in [-0.3, -0.25) is 4.98 Å². The molecule has 20 heavy (non-hydrogen) atoms. The smallest absolute Gasteiger partial charge is 0.231 e. The van der Waals surface area contributed by atoms with E-state index in [2.05, 4.69) is 15.3 Å². The van der Waals surface area contributed by atoms with Crippen molar-refractivity contribution >= 4 is 5.82 Å². The lowest BCUT2D eigenvalue weighted by Gasteiger charge is -2.07. The minimum atomic E-state index is 0.260. The van der Waals surface area contributed by atoms with E-state index in [4.69, 9.17) is 14.2 Å². The van der Waals surface area contributed by atoms with Gasteiger partial charge in [0.15, 0.2) is 11.5 Å². The summed E-state index contributed by atoms with van der Waals surface area (Å²) in [5.41, 5.74) is 0.768. The third-order valence-electron chi connectivity index (χ3n) is 2.79. The molecule has 0 aliphatic carbocycles. The molecule has 2 heterocycles. The molecule has 0 unspecified atom stereocenters. The summed E-state index contributed by atoms with van der Waals surface area (Å²) in [5, 5.41) is 3.09. The second-order valence-electron chi connectivity index (χ2n) is 4.23. The monoisotopic (exact) mass is 273 g/mol. The number of anilines is 1. The van der Waals surface area contributed by atoms with Crippen molar-refractivity contribution in [2.75, 3.05) is 18.7 Å². The highest BCUT2D eigenvalue weighted by molar-refractivity contribution is 5.46. The Bertz CT molecular complexity index is 587. The van der Waals surface area contributed by atoms with Gasteiger partial charge >= 0.3 is 0 Å². The van der Waals surface area contributed by atoms with Crippen molar-refractivity contribution < 1.29 is 14.2 Å². The topological polar surface area (TPSA) is 65.5 Å². The van der Waals surface area contributed by atoms with Gasteiger partial charge in [-0.1, -0.05) is 0 Å². The van der Waals surface area contributed by atoms with Crippen LogP contribution < -0.4 is 19.5 Å². The maximum absolute atomic E-state index is 5.66. The summed E-state index contributed by atoms with van der Waals surface area (Å²) in [6, 6.07) is 5.48. The molecule has 1 aliphatic rings. The van der Waals surface area contributed by atoms with Gasteiger partial charge < -0.3 is 19.5 Å². The minimum Gasteiger partial charge on any atom is -0.487 e. The largest absolute Gasteiger partial charge is 0.487 e. The maximum atomic E-state index is 5.66. The predicted octanol–water partition coefficient (Wildman–Crippen LogP) is 2.22. The van der Waals surface area contributed by atoms with Gasteiger partial charge in [-0.05, 0) is 19.1 Å². The molecular formula is C14H15N3O3. The fraction of sp³-hybridized carbons (Fsp3) is 0.286. The standard InChI is InChI=1S/C14H15N3O3/c1-2-15-14-7-16-10(6-17-14)8-18-11-3-4-12-13(5-11)20-9-19-12/h3-7H,2,8-9H2,1H3,(H,15,17). The molecule has 0 spiro atoms.